The fraction of sp³-hybridized carbons (Fsp3) is 0.317. The Kier molecular flexibility index (Phi) is 13.5. The molecule has 0 bridgehead atoms. The molecular formula is C41H46N6O2S2. The van der Waals surface area contributed by atoms with Crippen LogP contribution in [0.3, 0.4) is 0 Å². The van der Waals surface area contributed by atoms with Gasteiger partial charge in [-0.25, -0.2) is 8.42 Å². The lowest BCUT2D eigenvalue weighted by Gasteiger charge is -2.27. The average molecular weight is 719 g/mol. The summed E-state index contributed by atoms with van der Waals surface area (Å²) in [6.45, 7) is 14.1. The normalized spacial score (nSPS) is 11.5. The molecule has 0 aliphatic carbocycles. The largest absolute Gasteiger partial charge is 0.360 e. The lowest BCUT2D eigenvalue weighted by molar-refractivity contribution is 0.601. The van der Waals surface area contributed by atoms with Crippen molar-refractivity contribution >= 4 is 60.7 Å². The topological polar surface area (TPSA) is 91.4 Å². The first-order chi connectivity index (χ1) is 24.8. The molecular weight excluding hydrogens is 673 g/mol. The maximum Gasteiger partial charge on any atom is 0.321 e. The van der Waals surface area contributed by atoms with Gasteiger partial charge < -0.3 is 9.74 Å². The van der Waals surface area contributed by atoms with Crippen molar-refractivity contribution in [3.8, 4) is 0 Å². The monoisotopic (exact) mass is 718 g/mol. The quantitative estimate of drug-likeness (QED) is 0.0554. The molecule has 0 radical (unpaired) electrons. The zero-order valence-electron chi connectivity index (χ0n) is 29.7. The zero-order valence-corrected chi connectivity index (χ0v) is 31.3. The third-order valence-electron chi connectivity index (χ3n) is 8.59. The fourth-order valence-electron chi connectivity index (χ4n) is 5.72. The van der Waals surface area contributed by atoms with Crippen LogP contribution < -0.4 is 9.62 Å². The van der Waals surface area contributed by atoms with Gasteiger partial charge in [-0.2, -0.15) is 0 Å². The number of unbranched alkanes of at least 4 members (excludes halogenated alkanes) is 4. The maximum atomic E-state index is 13.7. The van der Waals surface area contributed by atoms with Gasteiger partial charge in [0, 0.05) is 21.9 Å². The minimum absolute atomic E-state index is 0.138. The highest BCUT2D eigenvalue weighted by Gasteiger charge is 2.20. The van der Waals surface area contributed by atoms with Gasteiger partial charge in [-0.05, 0) is 104 Å². The summed E-state index contributed by atoms with van der Waals surface area (Å²) >= 11 is 1.35. The highest BCUT2D eigenvalue weighted by Crippen LogP contribution is 2.41. The van der Waals surface area contributed by atoms with Crippen LogP contribution in [0.25, 0.3) is 4.85 Å². The van der Waals surface area contributed by atoms with Crippen molar-refractivity contribution in [1.29, 1.82) is 0 Å². The van der Waals surface area contributed by atoms with Crippen LogP contribution >= 0.6 is 11.3 Å². The molecule has 264 valence electrons. The highest BCUT2D eigenvalue weighted by atomic mass is 32.2. The number of hydrogen-bond donors (Lipinski definition) is 1. The van der Waals surface area contributed by atoms with Crippen molar-refractivity contribution in [3.63, 3.8) is 0 Å². The van der Waals surface area contributed by atoms with Crippen molar-refractivity contribution in [3.05, 3.63) is 124 Å². The lowest BCUT2D eigenvalue weighted by Crippen LogP contribution is -2.14. The Balaban J connectivity index is 1.58. The number of anilines is 4. The fourth-order valence-corrected chi connectivity index (χ4v) is 7.67. The second kappa shape index (κ2) is 18.4. The summed E-state index contributed by atoms with van der Waals surface area (Å²) in [5.74, 6) is 0.350. The molecule has 5 aromatic rings. The predicted molar refractivity (Wildman–Crippen MR) is 211 cm³/mol. The Bertz CT molecular complexity index is 1980. The summed E-state index contributed by atoms with van der Waals surface area (Å²) in [7, 11) is -3.96. The third-order valence-corrected chi connectivity index (χ3v) is 11.0. The number of thiazole rings is 1. The smallest absolute Gasteiger partial charge is 0.321 e. The second-order valence-electron chi connectivity index (χ2n) is 12.5. The molecule has 4 aromatic carbocycles. The van der Waals surface area contributed by atoms with E-state index in [1.807, 2.05) is 6.07 Å². The Hall–Kier alpha value is -4.85. The molecule has 1 heterocycles. The van der Waals surface area contributed by atoms with Crippen molar-refractivity contribution in [2.45, 2.75) is 89.9 Å². The van der Waals surface area contributed by atoms with E-state index in [0.717, 1.165) is 86.1 Å². The Morgan fingerprint density at radius 3 is 1.88 bits per heavy atom. The van der Waals surface area contributed by atoms with Gasteiger partial charge >= 0.3 is 5.13 Å². The molecule has 8 nitrogen and oxygen atoms in total. The van der Waals surface area contributed by atoms with Crippen molar-refractivity contribution in [2.75, 3.05) is 9.62 Å². The summed E-state index contributed by atoms with van der Waals surface area (Å²) in [6, 6.07) is 30.9. The van der Waals surface area contributed by atoms with E-state index in [4.69, 9.17) is 6.57 Å². The summed E-state index contributed by atoms with van der Waals surface area (Å²) in [4.78, 5) is 11.2. The van der Waals surface area contributed by atoms with Gasteiger partial charge in [-0.3, -0.25) is 4.72 Å². The second-order valence-corrected chi connectivity index (χ2v) is 15.3. The van der Waals surface area contributed by atoms with Gasteiger partial charge in [0.05, 0.1) is 10.6 Å². The van der Waals surface area contributed by atoms with Gasteiger partial charge in [-0.15, -0.1) is 5.11 Å². The molecule has 0 unspecified atom stereocenters. The first kappa shape index (κ1) is 37.4. The molecule has 1 N–H and O–H groups in total. The Morgan fingerprint density at radius 2 is 1.31 bits per heavy atom. The summed E-state index contributed by atoms with van der Waals surface area (Å²) in [6.07, 6.45) is 10.5. The van der Waals surface area contributed by atoms with Crippen LogP contribution in [-0.2, 0) is 29.3 Å². The molecule has 0 aliphatic heterocycles. The van der Waals surface area contributed by atoms with Gasteiger partial charge in [-0.1, -0.05) is 117 Å². The third kappa shape index (κ3) is 10.1. The van der Waals surface area contributed by atoms with E-state index in [1.165, 1.54) is 22.5 Å². The van der Waals surface area contributed by atoms with Gasteiger partial charge in [0.1, 0.15) is 5.69 Å². The van der Waals surface area contributed by atoms with Crippen molar-refractivity contribution in [1.82, 2.24) is 4.98 Å². The molecule has 51 heavy (non-hydrogen) atoms. The number of rotatable bonds is 18. The average Bonchev–Trinajstić information content (AvgIpc) is 3.56. The van der Waals surface area contributed by atoms with E-state index in [1.54, 1.807) is 42.5 Å². The standard InChI is InChI=1S/C41H46N6O2S2/c1-5-8-12-19-39-40(42-4)43-41(50-39)45-44-37-29-28-35(30-38(37)46-51(48,49)36-17-13-11-14-18-36)47(33-24-20-31(21-25-33)15-9-6-2)34-26-22-32(23-27-34)16-10-7-3/h11,13-14,17-18,20-30,46H,5-10,12,15-16,19H2,1-3H3. The molecule has 0 fully saturated rings. The zero-order chi connectivity index (χ0) is 36.1. The number of azo groups is 1. The SMILES string of the molecule is [C-]#[N+]c1nc(N=Nc2ccc(N(c3ccc(CCCC)cc3)c3ccc(CCCC)cc3)cc2NS(=O)(=O)c2ccccc2)sc1CCCCC. The number of benzene rings is 4. The molecule has 0 amide bonds. The first-order valence-corrected chi connectivity index (χ1v) is 20.1. The van der Waals surface area contributed by atoms with E-state index < -0.39 is 10.0 Å². The van der Waals surface area contributed by atoms with Crippen molar-refractivity contribution < 1.29 is 8.42 Å². The number of nitrogens with zero attached hydrogens (tertiary/aromatic N) is 5. The van der Waals surface area contributed by atoms with Gasteiger partial charge in [0.2, 0.25) is 0 Å². The number of hydrogen-bond acceptors (Lipinski definition) is 7. The van der Waals surface area contributed by atoms with Crippen LogP contribution in [0, 0.1) is 6.57 Å². The molecule has 5 rings (SSSR count). The molecule has 1 aromatic heterocycles. The number of sulfonamides is 1. The van der Waals surface area contributed by atoms with E-state index in [0.29, 0.717) is 16.6 Å². The van der Waals surface area contributed by atoms with Crippen molar-refractivity contribution in [2.24, 2.45) is 10.2 Å². The molecule has 0 saturated heterocycles. The first-order valence-electron chi connectivity index (χ1n) is 17.8. The van der Waals surface area contributed by atoms with Crippen LogP contribution in [0.2, 0.25) is 0 Å². The maximum absolute atomic E-state index is 13.7. The number of aryl methyl sites for hydroxylation is 3. The van der Waals surface area contributed by atoms with Gasteiger partial charge in [0.15, 0.2) is 0 Å². The van der Waals surface area contributed by atoms with E-state index in [-0.39, 0.29) is 10.6 Å². The van der Waals surface area contributed by atoms with Crippen LogP contribution in [0.1, 0.15) is 81.7 Å². The van der Waals surface area contributed by atoms with Crippen LogP contribution in [0.15, 0.2) is 112 Å². The summed E-state index contributed by atoms with van der Waals surface area (Å²) in [5, 5.41) is 9.25. The Morgan fingerprint density at radius 1 is 0.725 bits per heavy atom. The molecule has 0 spiro atoms. The lowest BCUT2D eigenvalue weighted by atomic mass is 10.1. The molecule has 10 heteroatoms. The highest BCUT2D eigenvalue weighted by molar-refractivity contribution is 7.92. The van der Waals surface area contributed by atoms with E-state index in [9.17, 15) is 8.42 Å². The number of nitrogens with one attached hydrogen (secondary N) is 1. The predicted octanol–water partition coefficient (Wildman–Crippen LogP) is 12.8. The van der Waals surface area contributed by atoms with E-state index >= 15 is 0 Å². The molecule has 0 atom stereocenters. The number of aromatic nitrogens is 1. The minimum atomic E-state index is -3.96. The van der Waals surface area contributed by atoms with Gasteiger partial charge in [0.25, 0.3) is 15.8 Å². The van der Waals surface area contributed by atoms with Crippen LogP contribution in [-0.4, -0.2) is 13.4 Å². The van der Waals surface area contributed by atoms with E-state index in [2.05, 4.69) is 99.0 Å². The summed E-state index contributed by atoms with van der Waals surface area (Å²) in [5.41, 5.74) is 5.81. The van der Waals surface area contributed by atoms with Crippen LogP contribution in [0.4, 0.5) is 39.4 Å². The minimum Gasteiger partial charge on any atom is -0.360 e. The summed E-state index contributed by atoms with van der Waals surface area (Å²) < 4.78 is 30.1. The molecule has 0 aliphatic rings. The molecule has 0 saturated carbocycles. The Labute approximate surface area is 307 Å². The van der Waals surface area contributed by atoms with Crippen LogP contribution in [0.5, 0.6) is 0 Å².